The van der Waals surface area contributed by atoms with E-state index in [2.05, 4.69) is 0 Å². The lowest BCUT2D eigenvalue weighted by atomic mass is 10.2. The molecule has 0 fully saturated rings. The zero-order chi connectivity index (χ0) is 15.1. The Kier molecular flexibility index (Phi) is 3.16. The molecule has 0 aliphatic carbocycles. The Bertz CT molecular complexity index is 714. The molecule has 1 aromatic heterocycles. The topological polar surface area (TPSA) is 64.2 Å². The Labute approximate surface area is 110 Å². The van der Waals surface area contributed by atoms with E-state index in [1.165, 1.54) is 24.3 Å². The van der Waals surface area contributed by atoms with Crippen LogP contribution in [-0.2, 0) is 13.2 Å². The van der Waals surface area contributed by atoms with E-state index in [0.29, 0.717) is 9.36 Å². The Balaban J connectivity index is 2.87. The van der Waals surface area contributed by atoms with Crippen LogP contribution in [0.2, 0.25) is 0 Å². The molecular weight excluding hydrogens is 277 g/mol. The molecule has 0 aliphatic rings. The van der Waals surface area contributed by atoms with Crippen molar-refractivity contribution in [1.29, 1.82) is 0 Å². The van der Waals surface area contributed by atoms with Gasteiger partial charge in [0, 0.05) is 7.05 Å². The number of halogens is 3. The van der Waals surface area contributed by atoms with Gasteiger partial charge < -0.3 is 5.11 Å². The fraction of sp³-hybridized carbons (Fsp3) is 0.167. The second kappa shape index (κ2) is 4.55. The number of benzene rings is 1. The summed E-state index contributed by atoms with van der Waals surface area (Å²) < 4.78 is 40.0. The second-order valence-electron chi connectivity index (χ2n) is 4.00. The van der Waals surface area contributed by atoms with Crippen LogP contribution >= 0.6 is 0 Å². The van der Waals surface area contributed by atoms with Crippen molar-refractivity contribution < 1.29 is 23.1 Å². The molecule has 1 aromatic carbocycles. The number of aromatic nitrogens is 2. The number of para-hydroxylation sites is 1. The van der Waals surface area contributed by atoms with Gasteiger partial charge in [0.05, 0.1) is 5.69 Å². The molecule has 106 valence electrons. The van der Waals surface area contributed by atoms with Crippen molar-refractivity contribution in [2.24, 2.45) is 7.05 Å². The molecule has 1 heterocycles. The standard InChI is InChI=1S/C12H9F3N2O3/c1-16-9(12(13,14)15)8(11(19)20)10(18)17(16)7-5-3-2-4-6-7/h2-6H,1H3,(H,19,20). The Morgan fingerprint density at radius 1 is 1.20 bits per heavy atom. The van der Waals surface area contributed by atoms with E-state index in [9.17, 15) is 22.8 Å². The van der Waals surface area contributed by atoms with E-state index in [1.807, 2.05) is 0 Å². The van der Waals surface area contributed by atoms with Gasteiger partial charge in [-0.3, -0.25) is 9.48 Å². The minimum absolute atomic E-state index is 0.151. The monoisotopic (exact) mass is 286 g/mol. The number of hydrogen-bond acceptors (Lipinski definition) is 2. The summed E-state index contributed by atoms with van der Waals surface area (Å²) in [6.45, 7) is 0. The zero-order valence-corrected chi connectivity index (χ0v) is 10.2. The first kappa shape index (κ1) is 13.9. The molecule has 2 aromatic rings. The summed E-state index contributed by atoms with van der Waals surface area (Å²) in [6, 6.07) is 7.51. The second-order valence-corrected chi connectivity index (χ2v) is 4.00. The predicted molar refractivity (Wildman–Crippen MR) is 63.0 cm³/mol. The van der Waals surface area contributed by atoms with Gasteiger partial charge in [0.1, 0.15) is 0 Å². The van der Waals surface area contributed by atoms with Crippen molar-refractivity contribution in [2.75, 3.05) is 0 Å². The number of aromatic carboxylic acids is 1. The Morgan fingerprint density at radius 2 is 1.75 bits per heavy atom. The molecular formula is C12H9F3N2O3. The fourth-order valence-corrected chi connectivity index (χ4v) is 1.98. The number of carbonyl (C=O) groups is 1. The number of rotatable bonds is 2. The van der Waals surface area contributed by atoms with Crippen LogP contribution in [0, 0.1) is 0 Å². The van der Waals surface area contributed by atoms with Crippen LogP contribution < -0.4 is 5.56 Å². The fourth-order valence-electron chi connectivity index (χ4n) is 1.98. The van der Waals surface area contributed by atoms with Crippen molar-refractivity contribution >= 4 is 5.97 Å². The number of hydrogen-bond donors (Lipinski definition) is 1. The van der Waals surface area contributed by atoms with Crippen molar-refractivity contribution in [3.8, 4) is 5.69 Å². The first-order valence-electron chi connectivity index (χ1n) is 5.43. The summed E-state index contributed by atoms with van der Waals surface area (Å²) in [6.07, 6.45) is -4.94. The van der Waals surface area contributed by atoms with Gasteiger partial charge >= 0.3 is 12.1 Å². The number of carboxylic acid groups (broad SMARTS) is 1. The van der Waals surface area contributed by atoms with Crippen LogP contribution in [0.3, 0.4) is 0 Å². The highest BCUT2D eigenvalue weighted by Gasteiger charge is 2.42. The van der Waals surface area contributed by atoms with Crippen LogP contribution in [0.1, 0.15) is 16.1 Å². The van der Waals surface area contributed by atoms with Gasteiger partial charge in [0.15, 0.2) is 11.3 Å². The van der Waals surface area contributed by atoms with Crippen LogP contribution in [0.5, 0.6) is 0 Å². The quantitative estimate of drug-likeness (QED) is 0.917. The van der Waals surface area contributed by atoms with Gasteiger partial charge in [0.25, 0.3) is 5.56 Å². The summed E-state index contributed by atoms with van der Waals surface area (Å²) in [4.78, 5) is 22.9. The van der Waals surface area contributed by atoms with Gasteiger partial charge in [-0.1, -0.05) is 18.2 Å². The summed E-state index contributed by atoms with van der Waals surface area (Å²) >= 11 is 0. The highest BCUT2D eigenvalue weighted by Crippen LogP contribution is 2.31. The van der Waals surface area contributed by atoms with Gasteiger partial charge in [-0.2, -0.15) is 13.2 Å². The van der Waals surface area contributed by atoms with Crippen LogP contribution in [0.4, 0.5) is 13.2 Å². The van der Waals surface area contributed by atoms with Crippen LogP contribution in [0.15, 0.2) is 35.1 Å². The first-order valence-corrected chi connectivity index (χ1v) is 5.43. The number of carboxylic acids is 1. The molecule has 0 saturated heterocycles. The van der Waals surface area contributed by atoms with E-state index >= 15 is 0 Å². The smallest absolute Gasteiger partial charge is 0.433 e. The lowest BCUT2D eigenvalue weighted by molar-refractivity contribution is -0.144. The lowest BCUT2D eigenvalue weighted by Crippen LogP contribution is -2.22. The van der Waals surface area contributed by atoms with Crippen molar-refractivity contribution in [3.63, 3.8) is 0 Å². The average Bonchev–Trinajstić information content (AvgIpc) is 2.61. The van der Waals surface area contributed by atoms with E-state index in [4.69, 9.17) is 5.11 Å². The maximum Gasteiger partial charge on any atom is 0.433 e. The molecule has 20 heavy (non-hydrogen) atoms. The summed E-state index contributed by atoms with van der Waals surface area (Å²) in [5.74, 6) is -1.91. The maximum absolute atomic E-state index is 12.9. The molecule has 0 saturated carbocycles. The molecule has 0 aliphatic heterocycles. The van der Waals surface area contributed by atoms with Crippen LogP contribution in [-0.4, -0.2) is 20.4 Å². The number of nitrogens with zero attached hydrogens (tertiary/aromatic N) is 2. The molecule has 5 nitrogen and oxygen atoms in total. The van der Waals surface area contributed by atoms with Crippen molar-refractivity contribution in [3.05, 3.63) is 51.9 Å². The lowest BCUT2D eigenvalue weighted by Gasteiger charge is -2.11. The summed E-state index contributed by atoms with van der Waals surface area (Å²) in [5, 5.41) is 8.87. The first-order chi connectivity index (χ1) is 9.25. The third-order valence-corrected chi connectivity index (χ3v) is 2.75. The summed E-state index contributed by atoms with van der Waals surface area (Å²) in [7, 11) is 0.990. The van der Waals surface area contributed by atoms with E-state index in [-0.39, 0.29) is 5.69 Å². The minimum Gasteiger partial charge on any atom is -0.477 e. The molecule has 8 heteroatoms. The zero-order valence-electron chi connectivity index (χ0n) is 10.2. The average molecular weight is 286 g/mol. The Hall–Kier alpha value is -2.51. The van der Waals surface area contributed by atoms with E-state index in [1.54, 1.807) is 6.07 Å². The third kappa shape index (κ3) is 2.09. The maximum atomic E-state index is 12.9. The van der Waals surface area contributed by atoms with Crippen molar-refractivity contribution in [1.82, 2.24) is 9.36 Å². The molecule has 0 spiro atoms. The normalized spacial score (nSPS) is 11.6. The highest BCUT2D eigenvalue weighted by atomic mass is 19.4. The largest absolute Gasteiger partial charge is 0.477 e. The SMILES string of the molecule is Cn1c(C(F)(F)F)c(C(=O)O)c(=O)n1-c1ccccc1. The molecule has 2 rings (SSSR count). The highest BCUT2D eigenvalue weighted by molar-refractivity contribution is 5.89. The van der Waals surface area contributed by atoms with Gasteiger partial charge in [-0.05, 0) is 12.1 Å². The molecule has 0 radical (unpaired) electrons. The van der Waals surface area contributed by atoms with Gasteiger partial charge in [-0.15, -0.1) is 0 Å². The third-order valence-electron chi connectivity index (χ3n) is 2.75. The van der Waals surface area contributed by atoms with Crippen LogP contribution in [0.25, 0.3) is 5.69 Å². The minimum atomic E-state index is -4.94. The van der Waals surface area contributed by atoms with Gasteiger partial charge in [-0.25, -0.2) is 9.48 Å². The molecule has 0 unspecified atom stereocenters. The summed E-state index contributed by atoms with van der Waals surface area (Å²) in [5.41, 5.74) is -3.85. The Morgan fingerprint density at radius 3 is 2.15 bits per heavy atom. The molecule has 0 bridgehead atoms. The predicted octanol–water partition coefficient (Wildman–Crippen LogP) is 1.89. The molecule has 0 amide bonds. The van der Waals surface area contributed by atoms with Gasteiger partial charge in [0.2, 0.25) is 0 Å². The number of alkyl halides is 3. The van der Waals surface area contributed by atoms with Crippen molar-refractivity contribution in [2.45, 2.75) is 6.18 Å². The molecule has 1 N–H and O–H groups in total. The van der Waals surface area contributed by atoms with E-state index in [0.717, 1.165) is 7.05 Å². The molecule has 0 atom stereocenters. The van der Waals surface area contributed by atoms with E-state index < -0.39 is 29.0 Å².